The SMILES string of the molecule is Cl.N[C@H](c1ccc(OC(F)(F)F)cc1)c1cc(Br)cc(C(=O)O)c1O. The molecule has 0 spiro atoms. The lowest BCUT2D eigenvalue weighted by Crippen LogP contribution is -2.17. The molecule has 136 valence electrons. The second-order valence-corrected chi connectivity index (χ2v) is 5.71. The number of phenols is 1. The smallest absolute Gasteiger partial charge is 0.507 e. The molecule has 0 heterocycles. The Morgan fingerprint density at radius 1 is 1.20 bits per heavy atom. The van der Waals surface area contributed by atoms with Gasteiger partial charge in [-0.2, -0.15) is 0 Å². The first-order chi connectivity index (χ1) is 11.1. The zero-order valence-electron chi connectivity index (χ0n) is 12.2. The molecule has 0 aliphatic rings. The lowest BCUT2D eigenvalue weighted by molar-refractivity contribution is -0.274. The topological polar surface area (TPSA) is 92.8 Å². The molecule has 0 fully saturated rings. The highest BCUT2D eigenvalue weighted by atomic mass is 79.9. The molecule has 0 amide bonds. The largest absolute Gasteiger partial charge is 0.573 e. The first-order valence-corrected chi connectivity index (χ1v) is 7.25. The second-order valence-electron chi connectivity index (χ2n) is 4.79. The average Bonchev–Trinajstić information content (AvgIpc) is 2.47. The lowest BCUT2D eigenvalue weighted by atomic mass is 9.96. The van der Waals surface area contributed by atoms with E-state index in [2.05, 4.69) is 20.7 Å². The summed E-state index contributed by atoms with van der Waals surface area (Å²) in [6.07, 6.45) is -4.80. The van der Waals surface area contributed by atoms with E-state index in [-0.39, 0.29) is 23.5 Å². The molecule has 0 aromatic heterocycles. The number of hydrogen-bond acceptors (Lipinski definition) is 4. The van der Waals surface area contributed by atoms with Crippen LogP contribution in [0.15, 0.2) is 40.9 Å². The van der Waals surface area contributed by atoms with Crippen LogP contribution in [0.5, 0.6) is 11.5 Å². The summed E-state index contributed by atoms with van der Waals surface area (Å²) >= 11 is 3.13. The first kappa shape index (κ1) is 21.1. The molecule has 0 saturated carbocycles. The zero-order chi connectivity index (χ0) is 18.1. The van der Waals surface area contributed by atoms with Gasteiger partial charge in [-0.1, -0.05) is 28.1 Å². The van der Waals surface area contributed by atoms with Gasteiger partial charge in [-0.3, -0.25) is 0 Å². The lowest BCUT2D eigenvalue weighted by Gasteiger charge is -2.17. The van der Waals surface area contributed by atoms with Crippen LogP contribution in [-0.4, -0.2) is 22.5 Å². The number of carboxylic acids is 1. The fraction of sp³-hybridized carbons (Fsp3) is 0.133. The fourth-order valence-corrected chi connectivity index (χ4v) is 2.55. The number of ether oxygens (including phenoxy) is 1. The molecule has 0 radical (unpaired) electrons. The van der Waals surface area contributed by atoms with Crippen LogP contribution in [0.25, 0.3) is 0 Å². The van der Waals surface area contributed by atoms with Gasteiger partial charge >= 0.3 is 12.3 Å². The molecule has 0 aliphatic heterocycles. The van der Waals surface area contributed by atoms with Crippen molar-refractivity contribution in [3.63, 3.8) is 0 Å². The fourth-order valence-electron chi connectivity index (χ4n) is 2.08. The Kier molecular flexibility index (Phi) is 6.69. The van der Waals surface area contributed by atoms with Gasteiger partial charge in [0.15, 0.2) is 0 Å². The van der Waals surface area contributed by atoms with E-state index in [4.69, 9.17) is 10.8 Å². The van der Waals surface area contributed by atoms with Crippen LogP contribution in [-0.2, 0) is 0 Å². The number of halogens is 5. The summed E-state index contributed by atoms with van der Waals surface area (Å²) in [6, 6.07) is 6.46. The maximum absolute atomic E-state index is 12.1. The van der Waals surface area contributed by atoms with Crippen molar-refractivity contribution in [3.05, 3.63) is 57.6 Å². The van der Waals surface area contributed by atoms with Crippen LogP contribution in [0.3, 0.4) is 0 Å². The normalized spacial score (nSPS) is 12.2. The van der Waals surface area contributed by atoms with Gasteiger partial charge in [0.25, 0.3) is 0 Å². The Labute approximate surface area is 154 Å². The Hall–Kier alpha value is -1.97. The Morgan fingerprint density at radius 2 is 1.76 bits per heavy atom. The van der Waals surface area contributed by atoms with E-state index < -0.39 is 29.9 Å². The van der Waals surface area contributed by atoms with Crippen molar-refractivity contribution in [3.8, 4) is 11.5 Å². The van der Waals surface area contributed by atoms with Gasteiger partial charge in [-0.05, 0) is 29.8 Å². The summed E-state index contributed by atoms with van der Waals surface area (Å²) in [5.41, 5.74) is 6.14. The predicted octanol–water partition coefficient (Wildman–Crippen LogP) is 4.22. The van der Waals surface area contributed by atoms with Gasteiger partial charge in [-0.15, -0.1) is 25.6 Å². The molecule has 0 bridgehead atoms. The van der Waals surface area contributed by atoms with Crippen molar-refractivity contribution in [2.24, 2.45) is 5.73 Å². The molecule has 0 aliphatic carbocycles. The third kappa shape index (κ3) is 5.25. The van der Waals surface area contributed by atoms with Crippen molar-refractivity contribution < 1.29 is 32.9 Å². The monoisotopic (exact) mass is 441 g/mol. The summed E-state index contributed by atoms with van der Waals surface area (Å²) < 4.78 is 40.6. The highest BCUT2D eigenvalue weighted by Crippen LogP contribution is 2.34. The molecule has 1 atom stereocenters. The molecule has 2 rings (SSSR count). The standard InChI is InChI=1S/C15H11BrF3NO4.ClH/c16-8-5-10(13(21)11(6-8)14(22)23)12(20)7-1-3-9(4-2-7)24-15(17,18)19;/h1-6,12,21H,20H2,(H,22,23);1H/t12-;/m1./s1. The van der Waals surface area contributed by atoms with E-state index >= 15 is 0 Å². The van der Waals surface area contributed by atoms with Gasteiger partial charge in [-0.25, -0.2) is 4.79 Å². The van der Waals surface area contributed by atoms with Crippen LogP contribution < -0.4 is 10.5 Å². The second kappa shape index (κ2) is 7.94. The Balaban J connectivity index is 0.00000312. The van der Waals surface area contributed by atoms with Gasteiger partial charge in [0.05, 0.1) is 6.04 Å². The number of aromatic carboxylic acids is 1. The maximum atomic E-state index is 12.1. The summed E-state index contributed by atoms with van der Waals surface area (Å²) in [5, 5.41) is 19.1. The third-order valence-electron chi connectivity index (χ3n) is 3.14. The molecule has 2 aromatic carbocycles. The van der Waals surface area contributed by atoms with Gasteiger partial charge in [0, 0.05) is 10.0 Å². The molecular weight excluding hydrogens is 431 g/mol. The van der Waals surface area contributed by atoms with Gasteiger partial charge < -0.3 is 20.7 Å². The minimum absolute atomic E-state index is 0. The van der Waals surface area contributed by atoms with Crippen LogP contribution in [0.2, 0.25) is 0 Å². The Bertz CT molecular complexity index is 769. The summed E-state index contributed by atoms with van der Waals surface area (Å²) in [4.78, 5) is 11.1. The van der Waals surface area contributed by atoms with E-state index in [9.17, 15) is 23.1 Å². The number of nitrogens with two attached hydrogens (primary N) is 1. The summed E-state index contributed by atoms with van der Waals surface area (Å²) in [6.45, 7) is 0. The molecule has 10 heteroatoms. The number of carbonyl (C=O) groups is 1. The first-order valence-electron chi connectivity index (χ1n) is 6.45. The highest BCUT2D eigenvalue weighted by molar-refractivity contribution is 9.10. The number of benzene rings is 2. The average molecular weight is 443 g/mol. The minimum Gasteiger partial charge on any atom is -0.507 e. The summed E-state index contributed by atoms with van der Waals surface area (Å²) in [5.74, 6) is -2.26. The Morgan fingerprint density at radius 3 is 2.24 bits per heavy atom. The maximum Gasteiger partial charge on any atom is 0.573 e. The van der Waals surface area contributed by atoms with Gasteiger partial charge in [0.1, 0.15) is 17.1 Å². The number of rotatable bonds is 4. The van der Waals surface area contributed by atoms with E-state index in [1.165, 1.54) is 24.3 Å². The molecular formula is C15H12BrClF3NO4. The van der Waals surface area contributed by atoms with Crippen molar-refractivity contribution in [1.82, 2.24) is 0 Å². The zero-order valence-corrected chi connectivity index (χ0v) is 14.7. The number of alkyl halides is 3. The summed E-state index contributed by atoms with van der Waals surface area (Å²) in [7, 11) is 0. The van der Waals surface area contributed by atoms with E-state index in [1.807, 2.05) is 0 Å². The van der Waals surface area contributed by atoms with Crippen molar-refractivity contribution >= 4 is 34.3 Å². The quantitative estimate of drug-likeness (QED) is 0.659. The number of carboxylic acid groups (broad SMARTS) is 1. The number of hydrogen-bond donors (Lipinski definition) is 3. The molecule has 25 heavy (non-hydrogen) atoms. The van der Waals surface area contributed by atoms with Crippen molar-refractivity contribution in [1.29, 1.82) is 0 Å². The van der Waals surface area contributed by atoms with Gasteiger partial charge in [0.2, 0.25) is 0 Å². The van der Waals surface area contributed by atoms with E-state index in [0.717, 1.165) is 12.1 Å². The molecule has 4 N–H and O–H groups in total. The molecule has 2 aromatic rings. The molecule has 5 nitrogen and oxygen atoms in total. The van der Waals surface area contributed by atoms with Crippen molar-refractivity contribution in [2.75, 3.05) is 0 Å². The van der Waals surface area contributed by atoms with Crippen molar-refractivity contribution in [2.45, 2.75) is 12.4 Å². The van der Waals surface area contributed by atoms with Crippen LogP contribution >= 0.6 is 28.3 Å². The van der Waals surface area contributed by atoms with Crippen LogP contribution in [0, 0.1) is 0 Å². The van der Waals surface area contributed by atoms with E-state index in [0.29, 0.717) is 10.0 Å². The predicted molar refractivity (Wildman–Crippen MR) is 89.2 cm³/mol. The molecule has 0 unspecified atom stereocenters. The van der Waals surface area contributed by atoms with Crippen LogP contribution in [0.4, 0.5) is 13.2 Å². The highest BCUT2D eigenvalue weighted by Gasteiger charge is 2.31. The van der Waals surface area contributed by atoms with Crippen LogP contribution in [0.1, 0.15) is 27.5 Å². The van der Waals surface area contributed by atoms with E-state index in [1.54, 1.807) is 0 Å². The number of aromatic hydroxyl groups is 1. The minimum atomic E-state index is -4.80. The molecule has 0 saturated heterocycles. The third-order valence-corrected chi connectivity index (χ3v) is 3.60.